The molecule has 0 saturated heterocycles. The third kappa shape index (κ3) is 4.38. The molecule has 2 aromatic carbocycles. The van der Waals surface area contributed by atoms with Crippen molar-refractivity contribution in [1.82, 2.24) is 9.97 Å². The second-order valence-corrected chi connectivity index (χ2v) is 6.24. The molecule has 30 heavy (non-hydrogen) atoms. The minimum Gasteiger partial charge on any atom is -0.497 e. The number of nitrogens with one attached hydrogen (secondary N) is 2. The third-order valence-electron chi connectivity index (χ3n) is 4.46. The number of benzene rings is 2. The molecule has 8 nitrogen and oxygen atoms in total. The summed E-state index contributed by atoms with van der Waals surface area (Å²) < 4.78 is 21.1. The second kappa shape index (κ2) is 9.04. The predicted octanol–water partition coefficient (Wildman–Crippen LogP) is 0.755. The van der Waals surface area contributed by atoms with Gasteiger partial charge in [-0.3, -0.25) is 9.59 Å². The van der Waals surface area contributed by atoms with E-state index < -0.39 is 11.1 Å². The summed E-state index contributed by atoms with van der Waals surface area (Å²) in [7, 11) is 6.12. The molecule has 2 N–H and O–H groups in total. The first-order valence-corrected chi connectivity index (χ1v) is 8.99. The normalized spacial score (nSPS) is 12.0. The van der Waals surface area contributed by atoms with Gasteiger partial charge in [-0.15, -0.1) is 0 Å². The third-order valence-corrected chi connectivity index (χ3v) is 4.46. The molecule has 0 saturated carbocycles. The van der Waals surface area contributed by atoms with E-state index in [2.05, 4.69) is 9.97 Å². The fraction of sp³-hybridized carbons (Fsp3) is 0.182. The molecule has 0 bridgehead atoms. The van der Waals surface area contributed by atoms with Crippen LogP contribution in [-0.2, 0) is 0 Å². The van der Waals surface area contributed by atoms with E-state index in [9.17, 15) is 9.59 Å². The fourth-order valence-corrected chi connectivity index (χ4v) is 2.91. The highest BCUT2D eigenvalue weighted by atomic mass is 16.5. The van der Waals surface area contributed by atoms with Gasteiger partial charge in [0.1, 0.15) is 33.7 Å². The number of hydrogen-bond acceptors (Lipinski definition) is 6. The van der Waals surface area contributed by atoms with Crippen molar-refractivity contribution in [3.05, 3.63) is 78.9 Å². The number of H-pyrrole nitrogens is 2. The lowest BCUT2D eigenvalue weighted by atomic mass is 10.1. The summed E-state index contributed by atoms with van der Waals surface area (Å²) >= 11 is 0. The molecule has 1 aromatic heterocycles. The highest BCUT2D eigenvalue weighted by Crippen LogP contribution is 2.25. The lowest BCUT2D eigenvalue weighted by Crippen LogP contribution is -2.46. The molecule has 0 aliphatic rings. The van der Waals surface area contributed by atoms with Crippen LogP contribution in [0.3, 0.4) is 0 Å². The molecule has 0 radical (unpaired) electrons. The van der Waals surface area contributed by atoms with Crippen LogP contribution < -0.4 is 40.8 Å². The summed E-state index contributed by atoms with van der Waals surface area (Å²) in [6.07, 6.45) is 3.05. The van der Waals surface area contributed by atoms with E-state index in [1.54, 1.807) is 36.4 Å². The van der Waals surface area contributed by atoms with Gasteiger partial charge < -0.3 is 28.9 Å². The lowest BCUT2D eigenvalue weighted by Gasteiger charge is -2.07. The monoisotopic (exact) mass is 410 g/mol. The van der Waals surface area contributed by atoms with Crippen LogP contribution in [0, 0.1) is 0 Å². The summed E-state index contributed by atoms with van der Waals surface area (Å²) in [4.78, 5) is 30.5. The standard InChI is InChI=1S/C22H22N2O6/c1-27-15-5-7-19(29-3)13(9-15)11-17-21(25)24-18(22(26)23-17)12-14-10-16(28-2)6-8-20(14)30-4/h5-12H,1-4H3,(H,23,26)(H,24,25)/b17-11-,18-12+. The van der Waals surface area contributed by atoms with Crippen LogP contribution in [0.25, 0.3) is 12.2 Å². The van der Waals surface area contributed by atoms with Crippen LogP contribution >= 0.6 is 0 Å². The summed E-state index contributed by atoms with van der Waals surface area (Å²) in [6.45, 7) is 0. The largest absolute Gasteiger partial charge is 0.497 e. The molecule has 0 aliphatic carbocycles. The Hall–Kier alpha value is -3.94. The van der Waals surface area contributed by atoms with E-state index in [0.29, 0.717) is 34.1 Å². The number of hydrogen-bond donors (Lipinski definition) is 2. The Morgan fingerprint density at radius 3 is 1.37 bits per heavy atom. The van der Waals surface area contributed by atoms with Gasteiger partial charge in [0, 0.05) is 11.1 Å². The van der Waals surface area contributed by atoms with Gasteiger partial charge in [0.25, 0.3) is 11.1 Å². The maximum atomic E-state index is 12.6. The van der Waals surface area contributed by atoms with Crippen molar-refractivity contribution < 1.29 is 18.9 Å². The van der Waals surface area contributed by atoms with E-state index >= 15 is 0 Å². The molecule has 1 heterocycles. The van der Waals surface area contributed by atoms with Crippen molar-refractivity contribution in [3.63, 3.8) is 0 Å². The van der Waals surface area contributed by atoms with Gasteiger partial charge >= 0.3 is 0 Å². The van der Waals surface area contributed by atoms with E-state index in [0.717, 1.165) is 0 Å². The van der Waals surface area contributed by atoms with Gasteiger partial charge in [-0.2, -0.15) is 0 Å². The van der Waals surface area contributed by atoms with E-state index in [-0.39, 0.29) is 10.7 Å². The number of ether oxygens (including phenoxy) is 4. The Labute approximate surface area is 172 Å². The zero-order chi connectivity index (χ0) is 21.7. The van der Waals surface area contributed by atoms with Crippen LogP contribution in [0.15, 0.2) is 46.0 Å². The van der Waals surface area contributed by atoms with Crippen molar-refractivity contribution in [2.75, 3.05) is 28.4 Å². The van der Waals surface area contributed by atoms with Gasteiger partial charge in [-0.1, -0.05) is 0 Å². The van der Waals surface area contributed by atoms with E-state index in [4.69, 9.17) is 18.9 Å². The minimum absolute atomic E-state index is 0.0845. The first-order valence-electron chi connectivity index (χ1n) is 8.99. The second-order valence-electron chi connectivity index (χ2n) is 6.24. The number of methoxy groups -OCH3 is 4. The molecule has 3 aromatic rings. The maximum absolute atomic E-state index is 12.6. The Balaban J connectivity index is 2.17. The molecule has 0 atom stereocenters. The van der Waals surface area contributed by atoms with Crippen molar-refractivity contribution >= 4 is 12.2 Å². The Kier molecular flexibility index (Phi) is 6.26. The van der Waals surface area contributed by atoms with E-state index in [1.165, 1.54) is 40.6 Å². The molecular formula is C22H22N2O6. The molecule has 0 amide bonds. The molecule has 156 valence electrons. The summed E-state index contributed by atoms with van der Waals surface area (Å²) in [5.74, 6) is 2.26. The van der Waals surface area contributed by atoms with Crippen molar-refractivity contribution in [2.24, 2.45) is 0 Å². The molecular weight excluding hydrogens is 388 g/mol. The number of rotatable bonds is 6. The van der Waals surface area contributed by atoms with Gasteiger partial charge in [-0.25, -0.2) is 0 Å². The molecule has 0 unspecified atom stereocenters. The van der Waals surface area contributed by atoms with Crippen molar-refractivity contribution in [2.45, 2.75) is 0 Å². The van der Waals surface area contributed by atoms with Gasteiger partial charge in [0.2, 0.25) is 0 Å². The quantitative estimate of drug-likeness (QED) is 0.622. The number of aromatic nitrogens is 2. The SMILES string of the molecule is COc1ccc(OC)c(/C=c2\[nH]c(=O)/c(=C\c3cc(OC)ccc3OC)[nH]c2=O)c1. The average molecular weight is 410 g/mol. The first-order chi connectivity index (χ1) is 14.5. The Morgan fingerprint density at radius 1 is 0.633 bits per heavy atom. The van der Waals surface area contributed by atoms with Crippen LogP contribution in [-0.4, -0.2) is 38.4 Å². The smallest absolute Gasteiger partial charge is 0.272 e. The first kappa shape index (κ1) is 20.8. The topological polar surface area (TPSA) is 103 Å². The Bertz CT molecular complexity index is 1190. The molecule has 3 rings (SSSR count). The van der Waals surface area contributed by atoms with Crippen LogP contribution in [0.4, 0.5) is 0 Å². The van der Waals surface area contributed by atoms with Crippen molar-refractivity contribution in [1.29, 1.82) is 0 Å². The highest BCUT2D eigenvalue weighted by molar-refractivity contribution is 5.60. The highest BCUT2D eigenvalue weighted by Gasteiger charge is 2.06. The molecule has 0 fully saturated rings. The van der Waals surface area contributed by atoms with Crippen LogP contribution in [0.5, 0.6) is 23.0 Å². The zero-order valence-electron chi connectivity index (χ0n) is 17.1. The van der Waals surface area contributed by atoms with Crippen LogP contribution in [0.2, 0.25) is 0 Å². The van der Waals surface area contributed by atoms with Crippen molar-refractivity contribution in [3.8, 4) is 23.0 Å². The zero-order valence-corrected chi connectivity index (χ0v) is 17.1. The molecule has 0 aliphatic heterocycles. The van der Waals surface area contributed by atoms with Crippen LogP contribution in [0.1, 0.15) is 11.1 Å². The van der Waals surface area contributed by atoms with Gasteiger partial charge in [0.05, 0.1) is 28.4 Å². The minimum atomic E-state index is -0.465. The molecule has 0 spiro atoms. The summed E-state index contributed by atoms with van der Waals surface area (Å²) in [5.41, 5.74) is 0.244. The summed E-state index contributed by atoms with van der Waals surface area (Å²) in [6, 6.07) is 10.3. The predicted molar refractivity (Wildman–Crippen MR) is 113 cm³/mol. The fourth-order valence-electron chi connectivity index (χ4n) is 2.91. The van der Waals surface area contributed by atoms with Gasteiger partial charge in [-0.05, 0) is 48.6 Å². The van der Waals surface area contributed by atoms with E-state index in [1.807, 2.05) is 0 Å². The van der Waals surface area contributed by atoms with Gasteiger partial charge in [0.15, 0.2) is 0 Å². The number of aromatic amines is 2. The average Bonchev–Trinajstić information content (AvgIpc) is 2.76. The summed E-state index contributed by atoms with van der Waals surface area (Å²) in [5, 5.41) is 0.169. The molecule has 8 heteroatoms. The lowest BCUT2D eigenvalue weighted by molar-refractivity contribution is 0.402. The maximum Gasteiger partial charge on any atom is 0.272 e. The Morgan fingerprint density at radius 2 is 1.03 bits per heavy atom.